The van der Waals surface area contributed by atoms with E-state index in [1.807, 2.05) is 0 Å². The molecule has 0 aliphatic carbocycles. The molecule has 1 heterocycles. The lowest BCUT2D eigenvalue weighted by Crippen LogP contribution is -2.23. The third-order valence-corrected chi connectivity index (χ3v) is 2.75. The number of fused-ring (bicyclic) bond motifs is 1. The highest BCUT2D eigenvalue weighted by Gasteiger charge is 2.09. The Balaban J connectivity index is 2.63. The minimum atomic E-state index is -0.444. The van der Waals surface area contributed by atoms with Crippen LogP contribution in [0, 0.1) is 5.82 Å². The predicted octanol–water partition coefficient (Wildman–Crippen LogP) is 1.54. The van der Waals surface area contributed by atoms with E-state index in [-0.39, 0.29) is 16.4 Å². The van der Waals surface area contributed by atoms with Crippen molar-refractivity contribution in [3.05, 3.63) is 39.7 Å². The molecule has 2 aromatic rings. The van der Waals surface area contributed by atoms with E-state index in [9.17, 15) is 9.18 Å². The van der Waals surface area contributed by atoms with E-state index in [1.165, 1.54) is 22.8 Å². The van der Waals surface area contributed by atoms with Gasteiger partial charge in [0.25, 0.3) is 5.56 Å². The van der Waals surface area contributed by atoms with Crippen molar-refractivity contribution >= 4 is 22.5 Å². The van der Waals surface area contributed by atoms with Crippen LogP contribution in [0.3, 0.4) is 0 Å². The van der Waals surface area contributed by atoms with Gasteiger partial charge in [-0.1, -0.05) is 0 Å². The molecule has 0 atom stereocenters. The van der Waals surface area contributed by atoms with Crippen LogP contribution < -0.4 is 11.3 Å². The maximum absolute atomic E-state index is 13.0. The summed E-state index contributed by atoms with van der Waals surface area (Å²) in [6, 6.07) is 3.83. The Labute approximate surface area is 102 Å². The van der Waals surface area contributed by atoms with Crippen LogP contribution in [0.25, 0.3) is 10.9 Å². The minimum absolute atomic E-state index is 0.0570. The first-order valence-electron chi connectivity index (χ1n) is 5.19. The van der Waals surface area contributed by atoms with Gasteiger partial charge in [-0.3, -0.25) is 9.36 Å². The minimum Gasteiger partial charge on any atom is -0.330 e. The van der Waals surface area contributed by atoms with Crippen LogP contribution >= 0.6 is 11.6 Å². The number of aromatic nitrogens is 2. The zero-order valence-corrected chi connectivity index (χ0v) is 9.75. The van der Waals surface area contributed by atoms with Crippen molar-refractivity contribution in [2.45, 2.75) is 13.0 Å². The van der Waals surface area contributed by atoms with E-state index < -0.39 is 5.82 Å². The maximum atomic E-state index is 13.0. The third kappa shape index (κ3) is 2.30. The molecule has 2 N–H and O–H groups in total. The van der Waals surface area contributed by atoms with Crippen molar-refractivity contribution < 1.29 is 4.39 Å². The molecular formula is C11H11ClFN3O. The van der Waals surface area contributed by atoms with Crippen LogP contribution in [-0.2, 0) is 6.54 Å². The van der Waals surface area contributed by atoms with E-state index in [2.05, 4.69) is 4.98 Å². The summed E-state index contributed by atoms with van der Waals surface area (Å²) >= 11 is 5.89. The van der Waals surface area contributed by atoms with Gasteiger partial charge in [-0.15, -0.1) is 0 Å². The molecule has 0 unspecified atom stereocenters. The Hall–Kier alpha value is -1.46. The fourth-order valence-corrected chi connectivity index (χ4v) is 1.86. The van der Waals surface area contributed by atoms with E-state index in [1.54, 1.807) is 0 Å². The lowest BCUT2D eigenvalue weighted by Gasteiger charge is -2.08. The molecule has 1 aromatic heterocycles. The van der Waals surface area contributed by atoms with Crippen molar-refractivity contribution in [3.8, 4) is 0 Å². The lowest BCUT2D eigenvalue weighted by atomic mass is 10.2. The average molecular weight is 256 g/mol. The van der Waals surface area contributed by atoms with Crippen LogP contribution in [0.15, 0.2) is 23.0 Å². The molecule has 90 valence electrons. The predicted molar refractivity (Wildman–Crippen MR) is 64.6 cm³/mol. The summed E-state index contributed by atoms with van der Waals surface area (Å²) in [7, 11) is 0. The monoisotopic (exact) mass is 255 g/mol. The largest absolute Gasteiger partial charge is 0.330 e. The standard InChI is InChI=1S/C11H11ClFN3O/c12-11-15-9-6-7(13)2-3-8(9)10(17)16(11)5-1-4-14/h2-3,6H,1,4-5,14H2. The molecule has 17 heavy (non-hydrogen) atoms. The van der Waals surface area contributed by atoms with Gasteiger partial charge in [0.2, 0.25) is 5.28 Å². The Morgan fingerprint density at radius 1 is 1.47 bits per heavy atom. The number of nitrogens with zero attached hydrogens (tertiary/aromatic N) is 2. The maximum Gasteiger partial charge on any atom is 0.262 e. The Kier molecular flexibility index (Phi) is 3.40. The molecule has 0 amide bonds. The summed E-state index contributed by atoms with van der Waals surface area (Å²) in [4.78, 5) is 16.0. The van der Waals surface area contributed by atoms with Gasteiger partial charge in [0.05, 0.1) is 10.9 Å². The topological polar surface area (TPSA) is 60.9 Å². The van der Waals surface area contributed by atoms with Crippen LogP contribution in [0.5, 0.6) is 0 Å². The second-order valence-corrected chi connectivity index (χ2v) is 3.98. The molecule has 6 heteroatoms. The van der Waals surface area contributed by atoms with Gasteiger partial charge in [-0.05, 0) is 36.7 Å². The third-order valence-electron chi connectivity index (χ3n) is 2.46. The molecule has 0 bridgehead atoms. The highest BCUT2D eigenvalue weighted by molar-refractivity contribution is 6.28. The SMILES string of the molecule is NCCCn1c(Cl)nc2cc(F)ccc2c1=O. The second-order valence-electron chi connectivity index (χ2n) is 3.64. The molecule has 4 nitrogen and oxygen atoms in total. The van der Waals surface area contributed by atoms with E-state index >= 15 is 0 Å². The van der Waals surface area contributed by atoms with Crippen molar-refractivity contribution in [3.63, 3.8) is 0 Å². The zero-order valence-electron chi connectivity index (χ0n) is 8.99. The van der Waals surface area contributed by atoms with Crippen LogP contribution in [-0.4, -0.2) is 16.1 Å². The van der Waals surface area contributed by atoms with Crippen molar-refractivity contribution in [2.75, 3.05) is 6.54 Å². The van der Waals surface area contributed by atoms with Gasteiger partial charge in [-0.25, -0.2) is 9.37 Å². The first-order valence-corrected chi connectivity index (χ1v) is 5.57. The Morgan fingerprint density at radius 2 is 2.24 bits per heavy atom. The van der Waals surface area contributed by atoms with Gasteiger partial charge in [-0.2, -0.15) is 0 Å². The summed E-state index contributed by atoms with van der Waals surface area (Å²) in [6.07, 6.45) is 0.633. The summed E-state index contributed by atoms with van der Waals surface area (Å²) in [6.45, 7) is 0.874. The summed E-state index contributed by atoms with van der Waals surface area (Å²) in [5.74, 6) is -0.444. The van der Waals surface area contributed by atoms with E-state index in [4.69, 9.17) is 17.3 Å². The van der Waals surface area contributed by atoms with Crippen molar-refractivity contribution in [2.24, 2.45) is 5.73 Å². The Morgan fingerprint density at radius 3 is 2.94 bits per heavy atom. The molecular weight excluding hydrogens is 245 g/mol. The van der Waals surface area contributed by atoms with E-state index in [0.717, 1.165) is 0 Å². The van der Waals surface area contributed by atoms with Gasteiger partial charge >= 0.3 is 0 Å². The first kappa shape index (κ1) is 12.0. The molecule has 0 saturated carbocycles. The second kappa shape index (κ2) is 4.81. The summed E-state index contributed by atoms with van der Waals surface area (Å²) < 4.78 is 14.3. The smallest absolute Gasteiger partial charge is 0.262 e. The molecule has 0 aliphatic heterocycles. The normalized spacial score (nSPS) is 11.0. The molecule has 0 fully saturated rings. The lowest BCUT2D eigenvalue weighted by molar-refractivity contribution is 0.621. The summed E-state index contributed by atoms with van der Waals surface area (Å²) in [5, 5.41) is 0.411. The zero-order chi connectivity index (χ0) is 12.4. The number of hydrogen-bond donors (Lipinski definition) is 1. The number of hydrogen-bond acceptors (Lipinski definition) is 3. The van der Waals surface area contributed by atoms with Gasteiger partial charge in [0.15, 0.2) is 0 Å². The van der Waals surface area contributed by atoms with Crippen molar-refractivity contribution in [1.82, 2.24) is 9.55 Å². The van der Waals surface area contributed by atoms with Crippen LogP contribution in [0.4, 0.5) is 4.39 Å². The van der Waals surface area contributed by atoms with Gasteiger partial charge in [0, 0.05) is 12.6 Å². The molecule has 2 rings (SSSR count). The number of benzene rings is 1. The highest BCUT2D eigenvalue weighted by atomic mass is 35.5. The van der Waals surface area contributed by atoms with Crippen LogP contribution in [0.2, 0.25) is 5.28 Å². The highest BCUT2D eigenvalue weighted by Crippen LogP contribution is 2.13. The fraction of sp³-hybridized carbons (Fsp3) is 0.273. The van der Waals surface area contributed by atoms with Crippen LogP contribution in [0.1, 0.15) is 6.42 Å². The Bertz CT molecular complexity index is 611. The molecule has 0 radical (unpaired) electrons. The quantitative estimate of drug-likeness (QED) is 0.847. The number of nitrogens with two attached hydrogens (primary N) is 1. The van der Waals surface area contributed by atoms with Gasteiger partial charge < -0.3 is 5.73 Å². The molecule has 0 saturated heterocycles. The summed E-state index contributed by atoms with van der Waals surface area (Å²) in [5.41, 5.74) is 5.38. The molecule has 1 aromatic carbocycles. The van der Waals surface area contributed by atoms with E-state index in [0.29, 0.717) is 24.9 Å². The van der Waals surface area contributed by atoms with Gasteiger partial charge in [0.1, 0.15) is 5.82 Å². The van der Waals surface area contributed by atoms with Crippen molar-refractivity contribution in [1.29, 1.82) is 0 Å². The average Bonchev–Trinajstić information content (AvgIpc) is 2.28. The molecule has 0 aliphatic rings. The molecule has 0 spiro atoms. The number of rotatable bonds is 3. The fourth-order valence-electron chi connectivity index (χ4n) is 1.61. The first-order chi connectivity index (χ1) is 8.13. The number of halogens is 2.